The van der Waals surface area contributed by atoms with Gasteiger partial charge in [0.25, 0.3) is 0 Å². The molecule has 2 aromatic rings. The molecule has 1 aliphatic rings. The number of anilines is 1. The van der Waals surface area contributed by atoms with Gasteiger partial charge in [0, 0.05) is 30.9 Å². The molecule has 1 aromatic heterocycles. The van der Waals surface area contributed by atoms with Crippen molar-refractivity contribution in [3.63, 3.8) is 0 Å². The number of nitrogens with one attached hydrogen (secondary N) is 3. The number of aromatic amines is 1. The fourth-order valence-corrected chi connectivity index (χ4v) is 2.34. The van der Waals surface area contributed by atoms with Crippen LogP contribution >= 0.6 is 12.4 Å². The number of morpholine rings is 1. The van der Waals surface area contributed by atoms with Crippen LogP contribution in [0.3, 0.4) is 0 Å². The first-order valence-electron chi connectivity index (χ1n) is 7.02. The molecular weight excluding hydrogens is 304 g/mol. The number of aromatic nitrogens is 2. The lowest BCUT2D eigenvalue weighted by Crippen LogP contribution is -2.43. The third-order valence-electron chi connectivity index (χ3n) is 3.41. The largest absolute Gasteiger partial charge is 0.378 e. The Morgan fingerprint density at radius 1 is 1.32 bits per heavy atom. The van der Waals surface area contributed by atoms with Crippen molar-refractivity contribution < 1.29 is 9.53 Å². The number of H-pyrrole nitrogens is 1. The van der Waals surface area contributed by atoms with Crippen LogP contribution in [0.4, 0.5) is 5.69 Å². The Morgan fingerprint density at radius 2 is 2.14 bits per heavy atom. The summed E-state index contributed by atoms with van der Waals surface area (Å²) < 4.78 is 5.34. The van der Waals surface area contributed by atoms with Gasteiger partial charge in [-0.15, -0.1) is 12.4 Å². The predicted molar refractivity (Wildman–Crippen MR) is 87.1 cm³/mol. The van der Waals surface area contributed by atoms with Crippen molar-refractivity contribution in [3.8, 4) is 11.3 Å². The highest BCUT2D eigenvalue weighted by Crippen LogP contribution is 2.19. The first-order valence-corrected chi connectivity index (χ1v) is 7.02. The van der Waals surface area contributed by atoms with Crippen molar-refractivity contribution >= 4 is 24.0 Å². The zero-order valence-electron chi connectivity index (χ0n) is 12.0. The van der Waals surface area contributed by atoms with Gasteiger partial charge < -0.3 is 15.4 Å². The average molecular weight is 323 g/mol. The summed E-state index contributed by atoms with van der Waals surface area (Å²) in [6, 6.07) is 9.68. The molecule has 3 N–H and O–H groups in total. The summed E-state index contributed by atoms with van der Waals surface area (Å²) in [4.78, 5) is 12.0. The van der Waals surface area contributed by atoms with Crippen molar-refractivity contribution in [2.45, 2.75) is 12.5 Å². The summed E-state index contributed by atoms with van der Waals surface area (Å²) >= 11 is 0. The number of rotatable bonds is 4. The molecule has 22 heavy (non-hydrogen) atoms. The normalized spacial score (nSPS) is 17.5. The van der Waals surface area contributed by atoms with Crippen LogP contribution < -0.4 is 10.6 Å². The van der Waals surface area contributed by atoms with E-state index in [1.165, 1.54) is 0 Å². The molecule has 0 aliphatic carbocycles. The number of halogens is 1. The van der Waals surface area contributed by atoms with Gasteiger partial charge in [-0.3, -0.25) is 9.89 Å². The van der Waals surface area contributed by atoms with Crippen LogP contribution in [0.2, 0.25) is 0 Å². The van der Waals surface area contributed by atoms with Crippen molar-refractivity contribution in [2.24, 2.45) is 0 Å². The molecule has 1 aromatic carbocycles. The fraction of sp³-hybridized carbons (Fsp3) is 0.333. The molecule has 0 radical (unpaired) electrons. The minimum Gasteiger partial charge on any atom is -0.378 e. The van der Waals surface area contributed by atoms with Gasteiger partial charge in [0.05, 0.1) is 18.9 Å². The lowest BCUT2D eigenvalue weighted by atomic mass is 10.1. The standard InChI is InChI=1S/C15H18N4O2.ClH/c20-15(9-13-10-21-8-7-16-13)18-12-3-1-11(2-4-12)14-5-6-17-19-14;/h1-6,13,16H,7-10H2,(H,17,19)(H,18,20);1H. The van der Waals surface area contributed by atoms with Crippen LogP contribution in [0.1, 0.15) is 6.42 Å². The van der Waals surface area contributed by atoms with E-state index >= 15 is 0 Å². The number of hydrogen-bond donors (Lipinski definition) is 3. The molecule has 1 fully saturated rings. The number of hydrogen-bond acceptors (Lipinski definition) is 4. The first kappa shape index (κ1) is 16.5. The summed E-state index contributed by atoms with van der Waals surface area (Å²) in [7, 11) is 0. The molecule has 2 heterocycles. The van der Waals surface area contributed by atoms with E-state index in [1.54, 1.807) is 6.20 Å². The van der Waals surface area contributed by atoms with E-state index in [4.69, 9.17) is 4.74 Å². The van der Waals surface area contributed by atoms with E-state index in [-0.39, 0.29) is 24.4 Å². The number of benzene rings is 1. The van der Waals surface area contributed by atoms with Crippen LogP contribution in [-0.4, -0.2) is 41.9 Å². The van der Waals surface area contributed by atoms with E-state index in [1.807, 2.05) is 30.3 Å². The predicted octanol–water partition coefficient (Wildman–Crippen LogP) is 1.82. The summed E-state index contributed by atoms with van der Waals surface area (Å²) in [5.41, 5.74) is 2.78. The maximum Gasteiger partial charge on any atom is 0.226 e. The number of amides is 1. The maximum atomic E-state index is 12.0. The second-order valence-electron chi connectivity index (χ2n) is 5.03. The molecule has 1 unspecified atom stereocenters. The summed E-state index contributed by atoms with van der Waals surface area (Å²) in [5.74, 6) is -0.00714. The molecule has 7 heteroatoms. The second kappa shape index (κ2) is 7.93. The van der Waals surface area contributed by atoms with Crippen molar-refractivity contribution in [2.75, 3.05) is 25.1 Å². The third kappa shape index (κ3) is 4.30. The molecular formula is C15H19ClN4O2. The number of nitrogens with zero attached hydrogens (tertiary/aromatic N) is 1. The minimum atomic E-state index is -0.00714. The maximum absolute atomic E-state index is 12.0. The Morgan fingerprint density at radius 3 is 2.77 bits per heavy atom. The molecule has 0 saturated carbocycles. The molecule has 1 atom stereocenters. The Labute approximate surface area is 135 Å². The van der Waals surface area contributed by atoms with Gasteiger partial charge in [0.1, 0.15) is 0 Å². The molecule has 118 valence electrons. The summed E-state index contributed by atoms with van der Waals surface area (Å²) in [6.45, 7) is 2.11. The quantitative estimate of drug-likeness (QED) is 0.802. The SMILES string of the molecule is Cl.O=C(CC1COCCN1)Nc1ccc(-c2ccn[nH]2)cc1. The Balaban J connectivity index is 0.00000176. The van der Waals surface area contributed by atoms with E-state index < -0.39 is 0 Å². The fourth-order valence-electron chi connectivity index (χ4n) is 2.34. The van der Waals surface area contributed by atoms with E-state index in [0.717, 1.165) is 23.5 Å². The van der Waals surface area contributed by atoms with Crippen molar-refractivity contribution in [3.05, 3.63) is 36.5 Å². The van der Waals surface area contributed by atoms with E-state index in [9.17, 15) is 4.79 Å². The summed E-state index contributed by atoms with van der Waals surface area (Å²) in [5, 5.41) is 13.0. The highest BCUT2D eigenvalue weighted by atomic mass is 35.5. The van der Waals surface area contributed by atoms with E-state index in [0.29, 0.717) is 19.6 Å². The zero-order chi connectivity index (χ0) is 14.5. The van der Waals surface area contributed by atoms with Crippen molar-refractivity contribution in [1.29, 1.82) is 0 Å². The second-order valence-corrected chi connectivity index (χ2v) is 5.03. The van der Waals surface area contributed by atoms with Gasteiger partial charge in [-0.1, -0.05) is 12.1 Å². The molecule has 1 aliphatic heterocycles. The Kier molecular flexibility index (Phi) is 5.94. The lowest BCUT2D eigenvalue weighted by Gasteiger charge is -2.23. The van der Waals surface area contributed by atoms with Gasteiger partial charge in [-0.05, 0) is 23.8 Å². The molecule has 1 saturated heterocycles. The minimum absolute atomic E-state index is 0. The molecule has 0 spiro atoms. The topological polar surface area (TPSA) is 79.0 Å². The Hall–Kier alpha value is -1.89. The highest BCUT2D eigenvalue weighted by Gasteiger charge is 2.16. The van der Waals surface area contributed by atoms with Crippen molar-refractivity contribution in [1.82, 2.24) is 15.5 Å². The van der Waals surface area contributed by atoms with Crippen LogP contribution in [0.25, 0.3) is 11.3 Å². The number of ether oxygens (including phenoxy) is 1. The summed E-state index contributed by atoms with van der Waals surface area (Å²) in [6.07, 6.45) is 2.13. The zero-order valence-corrected chi connectivity index (χ0v) is 12.9. The van der Waals surface area contributed by atoms with Gasteiger partial charge in [-0.25, -0.2) is 0 Å². The molecule has 1 amide bonds. The number of carbonyl (C=O) groups is 1. The third-order valence-corrected chi connectivity index (χ3v) is 3.41. The molecule has 0 bridgehead atoms. The van der Waals surface area contributed by atoms with Gasteiger partial charge >= 0.3 is 0 Å². The van der Waals surface area contributed by atoms with Crippen LogP contribution in [0.15, 0.2) is 36.5 Å². The van der Waals surface area contributed by atoms with Gasteiger partial charge in [0.15, 0.2) is 0 Å². The Bertz CT molecular complexity index is 580. The number of carbonyl (C=O) groups excluding carboxylic acids is 1. The highest BCUT2D eigenvalue weighted by molar-refractivity contribution is 5.91. The van der Waals surface area contributed by atoms with Crippen LogP contribution in [0, 0.1) is 0 Å². The van der Waals surface area contributed by atoms with Crippen LogP contribution in [0.5, 0.6) is 0 Å². The first-order chi connectivity index (χ1) is 10.3. The van der Waals surface area contributed by atoms with Gasteiger partial charge in [0.2, 0.25) is 5.91 Å². The molecule has 6 nitrogen and oxygen atoms in total. The average Bonchev–Trinajstić information content (AvgIpc) is 3.03. The molecule has 3 rings (SSSR count). The smallest absolute Gasteiger partial charge is 0.226 e. The van der Waals surface area contributed by atoms with Gasteiger partial charge in [-0.2, -0.15) is 5.10 Å². The monoisotopic (exact) mass is 322 g/mol. The van der Waals surface area contributed by atoms with E-state index in [2.05, 4.69) is 20.8 Å². The van der Waals surface area contributed by atoms with Crippen LogP contribution in [-0.2, 0) is 9.53 Å². The lowest BCUT2D eigenvalue weighted by molar-refractivity contribution is -0.117.